The number of aliphatic carboxylic acids is 1. The lowest BCUT2D eigenvalue weighted by molar-refractivity contribution is -0.139. The number of hydrogen-bond donors (Lipinski definition) is 2. The average Bonchev–Trinajstić information content (AvgIpc) is 2.89. The maximum Gasteiger partial charge on any atom is 0.305 e. The van der Waals surface area contributed by atoms with Crippen molar-refractivity contribution in [3.8, 4) is 0 Å². The summed E-state index contributed by atoms with van der Waals surface area (Å²) in [6.07, 6.45) is 1.36. The molecule has 27 heavy (non-hydrogen) atoms. The third kappa shape index (κ3) is 5.47. The predicted octanol–water partition coefficient (Wildman–Crippen LogP) is 2.27. The Morgan fingerprint density at radius 1 is 1.26 bits per heavy atom. The van der Waals surface area contributed by atoms with Gasteiger partial charge in [0.25, 0.3) is 0 Å². The molecule has 1 aliphatic rings. The van der Waals surface area contributed by atoms with Crippen LogP contribution in [-0.2, 0) is 14.4 Å². The summed E-state index contributed by atoms with van der Waals surface area (Å²) in [6.45, 7) is 3.76. The molecule has 0 radical (unpaired) electrons. The Labute approximate surface area is 157 Å². The zero-order chi connectivity index (χ0) is 20.1. The van der Waals surface area contributed by atoms with E-state index in [1.807, 2.05) is 13.8 Å². The maximum absolute atomic E-state index is 13.1. The van der Waals surface area contributed by atoms with E-state index < -0.39 is 30.2 Å². The summed E-state index contributed by atoms with van der Waals surface area (Å²) in [5.41, 5.74) is 0.728. The largest absolute Gasteiger partial charge is 0.481 e. The van der Waals surface area contributed by atoms with Gasteiger partial charge in [-0.15, -0.1) is 0 Å². The fourth-order valence-electron chi connectivity index (χ4n) is 3.37. The van der Waals surface area contributed by atoms with Gasteiger partial charge in [0.05, 0.1) is 24.5 Å². The van der Waals surface area contributed by atoms with Gasteiger partial charge in [-0.25, -0.2) is 4.39 Å². The van der Waals surface area contributed by atoms with Gasteiger partial charge >= 0.3 is 5.97 Å². The molecule has 1 heterocycles. The Morgan fingerprint density at radius 2 is 1.89 bits per heavy atom. The molecular formula is C20H24FNO5. The summed E-state index contributed by atoms with van der Waals surface area (Å²) < 4.78 is 13.1. The topological polar surface area (TPSA) is 94.9 Å². The van der Waals surface area contributed by atoms with E-state index in [-0.39, 0.29) is 30.2 Å². The van der Waals surface area contributed by atoms with Crippen LogP contribution in [0.1, 0.15) is 44.6 Å². The fraction of sp³-hybridized carbons (Fsp3) is 0.450. The van der Waals surface area contributed by atoms with Crippen molar-refractivity contribution in [2.45, 2.75) is 57.2 Å². The molecule has 0 spiro atoms. The number of nitrogens with zero attached hydrogens (tertiary/aromatic N) is 1. The second-order valence-electron chi connectivity index (χ2n) is 7.03. The highest BCUT2D eigenvalue weighted by atomic mass is 19.1. The first-order valence-electron chi connectivity index (χ1n) is 8.87. The Kier molecular flexibility index (Phi) is 6.85. The molecular weight excluding hydrogens is 353 g/mol. The summed E-state index contributed by atoms with van der Waals surface area (Å²) in [4.78, 5) is 37.0. The van der Waals surface area contributed by atoms with Gasteiger partial charge in [0, 0.05) is 12.5 Å². The van der Waals surface area contributed by atoms with Gasteiger partial charge in [0.2, 0.25) is 5.91 Å². The minimum Gasteiger partial charge on any atom is -0.481 e. The molecule has 0 bridgehead atoms. The van der Waals surface area contributed by atoms with Crippen molar-refractivity contribution in [3.63, 3.8) is 0 Å². The number of likely N-dealkylation sites (tertiary alicyclic amines) is 1. The highest BCUT2D eigenvalue weighted by Crippen LogP contribution is 2.35. The molecule has 6 nitrogen and oxygen atoms in total. The number of amides is 1. The molecule has 7 heteroatoms. The minimum absolute atomic E-state index is 0.0784. The van der Waals surface area contributed by atoms with E-state index in [2.05, 4.69) is 0 Å². The van der Waals surface area contributed by atoms with Gasteiger partial charge in [0.1, 0.15) is 5.82 Å². The van der Waals surface area contributed by atoms with Crippen LogP contribution in [0.2, 0.25) is 0 Å². The van der Waals surface area contributed by atoms with Crippen LogP contribution in [0.25, 0.3) is 0 Å². The lowest BCUT2D eigenvalue weighted by Crippen LogP contribution is -2.38. The van der Waals surface area contributed by atoms with Gasteiger partial charge in [-0.2, -0.15) is 0 Å². The molecule has 1 fully saturated rings. The van der Waals surface area contributed by atoms with E-state index in [9.17, 15) is 23.9 Å². The van der Waals surface area contributed by atoms with Gasteiger partial charge in [-0.1, -0.05) is 18.2 Å². The normalized spacial score (nSPS) is 21.2. The Balaban J connectivity index is 2.10. The minimum atomic E-state index is -1.24. The second-order valence-corrected chi connectivity index (χ2v) is 7.03. The quantitative estimate of drug-likeness (QED) is 0.678. The number of halogens is 1. The van der Waals surface area contributed by atoms with Crippen LogP contribution in [0, 0.1) is 5.82 Å². The molecule has 0 unspecified atom stereocenters. The number of carboxylic acids is 1. The van der Waals surface area contributed by atoms with E-state index >= 15 is 0 Å². The Morgan fingerprint density at radius 3 is 2.44 bits per heavy atom. The second kappa shape index (κ2) is 8.90. The summed E-state index contributed by atoms with van der Waals surface area (Å²) in [5, 5.41) is 18.2. The molecule has 1 aromatic rings. The highest BCUT2D eigenvalue weighted by Gasteiger charge is 2.40. The van der Waals surface area contributed by atoms with Crippen molar-refractivity contribution in [2.24, 2.45) is 0 Å². The monoisotopic (exact) mass is 377 g/mol. The number of hydrogen-bond acceptors (Lipinski definition) is 4. The molecule has 2 N–H and O–H groups in total. The molecule has 0 aromatic heterocycles. The number of carboxylic acid groups (broad SMARTS) is 1. The zero-order valence-electron chi connectivity index (χ0n) is 15.3. The third-order valence-corrected chi connectivity index (χ3v) is 4.57. The first kappa shape index (κ1) is 20.8. The van der Waals surface area contributed by atoms with Crippen molar-refractivity contribution in [2.75, 3.05) is 0 Å². The SMILES string of the molecule is CC(C)N1C(=O)[C@@H](c2ccc(F)cc2)C[C@H]1C=CC(=O)C[C@@H](O)CC(=O)O. The number of ketones is 1. The molecule has 1 aromatic carbocycles. The highest BCUT2D eigenvalue weighted by molar-refractivity contribution is 5.91. The molecule has 2 rings (SSSR count). The van der Waals surface area contributed by atoms with Crippen molar-refractivity contribution in [3.05, 3.63) is 47.8 Å². The molecule has 3 atom stereocenters. The fourth-order valence-corrected chi connectivity index (χ4v) is 3.37. The van der Waals surface area contributed by atoms with Crippen LogP contribution in [0.15, 0.2) is 36.4 Å². The van der Waals surface area contributed by atoms with E-state index in [1.54, 1.807) is 23.1 Å². The lowest BCUT2D eigenvalue weighted by atomic mass is 9.95. The van der Waals surface area contributed by atoms with Crippen LogP contribution in [0.4, 0.5) is 4.39 Å². The van der Waals surface area contributed by atoms with Crippen LogP contribution < -0.4 is 0 Å². The number of benzene rings is 1. The van der Waals surface area contributed by atoms with Crippen LogP contribution in [0.5, 0.6) is 0 Å². The molecule has 0 saturated carbocycles. The van der Waals surface area contributed by atoms with Crippen LogP contribution in [0.3, 0.4) is 0 Å². The summed E-state index contributed by atoms with van der Waals surface area (Å²) >= 11 is 0. The van der Waals surface area contributed by atoms with E-state index in [0.717, 1.165) is 5.56 Å². The maximum atomic E-state index is 13.1. The van der Waals surface area contributed by atoms with E-state index in [0.29, 0.717) is 6.42 Å². The zero-order valence-corrected chi connectivity index (χ0v) is 15.3. The number of carbonyl (C=O) groups is 3. The summed E-state index contributed by atoms with van der Waals surface area (Å²) in [7, 11) is 0. The summed E-state index contributed by atoms with van der Waals surface area (Å²) in [6, 6.07) is 5.45. The Bertz CT molecular complexity index is 728. The van der Waals surface area contributed by atoms with Crippen LogP contribution in [-0.4, -0.2) is 51.0 Å². The number of aliphatic hydroxyl groups excluding tert-OH is 1. The van der Waals surface area contributed by atoms with Gasteiger partial charge in [0.15, 0.2) is 5.78 Å². The van der Waals surface area contributed by atoms with Crippen molar-refractivity contribution in [1.82, 2.24) is 4.90 Å². The molecule has 0 aliphatic carbocycles. The predicted molar refractivity (Wildman–Crippen MR) is 96.6 cm³/mol. The average molecular weight is 377 g/mol. The van der Waals surface area contributed by atoms with E-state index in [1.165, 1.54) is 18.2 Å². The summed E-state index contributed by atoms with van der Waals surface area (Å²) in [5.74, 6) is -2.43. The van der Waals surface area contributed by atoms with Crippen molar-refractivity contribution >= 4 is 17.7 Å². The third-order valence-electron chi connectivity index (χ3n) is 4.57. The van der Waals surface area contributed by atoms with E-state index in [4.69, 9.17) is 5.11 Å². The standard InChI is InChI=1S/C20H24FNO5/c1-12(2)22-15(7-8-16(23)10-17(24)11-19(25)26)9-18(20(22)27)13-3-5-14(21)6-4-13/h3-8,12,15,17-18,24H,9-11H2,1-2H3,(H,25,26)/t15-,17-,18-/m1/s1. The molecule has 1 amide bonds. The number of rotatable bonds is 8. The number of allylic oxidation sites excluding steroid dienone is 1. The van der Waals surface area contributed by atoms with Crippen molar-refractivity contribution < 1.29 is 29.0 Å². The first-order chi connectivity index (χ1) is 12.7. The smallest absolute Gasteiger partial charge is 0.305 e. The van der Waals surface area contributed by atoms with Crippen molar-refractivity contribution in [1.29, 1.82) is 0 Å². The number of aliphatic hydroxyl groups is 1. The first-order valence-corrected chi connectivity index (χ1v) is 8.87. The van der Waals surface area contributed by atoms with Crippen LogP contribution >= 0.6 is 0 Å². The Hall–Kier alpha value is -2.54. The van der Waals surface area contributed by atoms with Gasteiger partial charge < -0.3 is 15.1 Å². The molecule has 1 saturated heterocycles. The van der Waals surface area contributed by atoms with Gasteiger partial charge in [-0.05, 0) is 44.0 Å². The van der Waals surface area contributed by atoms with Gasteiger partial charge in [-0.3, -0.25) is 14.4 Å². The molecule has 1 aliphatic heterocycles. The molecule has 146 valence electrons. The lowest BCUT2D eigenvalue weighted by Gasteiger charge is -2.26. The number of carbonyl (C=O) groups excluding carboxylic acids is 2.